The molecule has 0 aromatic carbocycles. The zero-order valence-corrected chi connectivity index (χ0v) is 21.3. The molecule has 0 amide bonds. The number of anilines is 1. The fraction of sp³-hybridized carbons (Fsp3) is 0.500. The molecule has 13 heteroatoms. The van der Waals surface area contributed by atoms with Crippen LogP contribution in [-0.4, -0.2) is 65.5 Å². The van der Waals surface area contributed by atoms with Crippen LogP contribution in [0.25, 0.3) is 27.9 Å². The number of H-pyrrole nitrogens is 1. The van der Waals surface area contributed by atoms with Gasteiger partial charge in [-0.2, -0.15) is 0 Å². The minimum atomic E-state index is -2.49. The number of nitrogens with zero attached hydrogens (tertiary/aromatic N) is 6. The van der Waals surface area contributed by atoms with Crippen LogP contribution in [0.1, 0.15) is 32.0 Å². The highest BCUT2D eigenvalue weighted by molar-refractivity contribution is 7.71. The predicted octanol–water partition coefficient (Wildman–Crippen LogP) is 5.09. The number of rotatable bonds is 4. The number of fused-ring (bicyclic) bond motifs is 2. The lowest BCUT2D eigenvalue weighted by molar-refractivity contribution is -0.0255. The normalized spacial score (nSPS) is 19.9. The molecule has 4 aromatic rings. The third kappa shape index (κ3) is 4.93. The Morgan fingerprint density at radius 3 is 2.57 bits per heavy atom. The minimum Gasteiger partial charge on any atom is -0.368 e. The monoisotopic (exact) mass is 536 g/mol. The van der Waals surface area contributed by atoms with Gasteiger partial charge in [0.2, 0.25) is 5.95 Å². The number of halogens is 4. The number of likely N-dealkylation sites (tertiary alicyclic amines) is 1. The Morgan fingerprint density at radius 2 is 1.95 bits per heavy atom. The molecule has 3 N–H and O–H groups in total. The van der Waals surface area contributed by atoms with Gasteiger partial charge in [0.05, 0.1) is 18.8 Å². The molecule has 1 saturated heterocycles. The van der Waals surface area contributed by atoms with E-state index in [2.05, 4.69) is 20.1 Å². The predicted molar refractivity (Wildman–Crippen MR) is 135 cm³/mol. The van der Waals surface area contributed by atoms with E-state index in [1.54, 1.807) is 36.7 Å². The Balaban J connectivity index is 0.000000195. The Kier molecular flexibility index (Phi) is 6.69. The second-order valence-corrected chi connectivity index (χ2v) is 10.1. The molecule has 8 nitrogen and oxygen atoms in total. The third-order valence-electron chi connectivity index (χ3n) is 7.16. The molecule has 2 aliphatic rings. The molecule has 5 heterocycles. The van der Waals surface area contributed by atoms with E-state index in [0.717, 1.165) is 18.4 Å². The van der Waals surface area contributed by atoms with E-state index in [-0.39, 0.29) is 12.5 Å². The van der Waals surface area contributed by atoms with E-state index in [0.29, 0.717) is 45.4 Å². The second-order valence-electron chi connectivity index (χ2n) is 9.74. The molecular formula is C24H28F4N8S. The highest BCUT2D eigenvalue weighted by Crippen LogP contribution is 2.37. The van der Waals surface area contributed by atoms with Crippen LogP contribution in [0.2, 0.25) is 0 Å². The van der Waals surface area contributed by atoms with Crippen LogP contribution in [0.15, 0.2) is 24.4 Å². The van der Waals surface area contributed by atoms with Crippen LogP contribution < -0.4 is 5.73 Å². The van der Waals surface area contributed by atoms with E-state index in [1.165, 1.54) is 11.0 Å². The van der Waals surface area contributed by atoms with E-state index >= 15 is 0 Å². The van der Waals surface area contributed by atoms with Crippen molar-refractivity contribution in [2.75, 3.05) is 18.8 Å². The van der Waals surface area contributed by atoms with Gasteiger partial charge in [0.1, 0.15) is 16.9 Å². The Bertz CT molecular complexity index is 1490. The maximum absolute atomic E-state index is 13.1. The summed E-state index contributed by atoms with van der Waals surface area (Å²) in [6.45, 7) is 3.48. The number of nitrogen functional groups attached to an aromatic ring is 1. The molecule has 1 aliphatic heterocycles. The van der Waals surface area contributed by atoms with Gasteiger partial charge in [-0.15, -0.1) is 0 Å². The fourth-order valence-corrected chi connectivity index (χ4v) is 5.20. The Labute approximate surface area is 215 Å². The van der Waals surface area contributed by atoms with Crippen LogP contribution >= 0.6 is 12.2 Å². The van der Waals surface area contributed by atoms with Crippen molar-refractivity contribution in [2.45, 2.75) is 58.0 Å². The summed E-state index contributed by atoms with van der Waals surface area (Å²) in [5.41, 5.74) is 8.62. The first-order chi connectivity index (χ1) is 17.5. The summed E-state index contributed by atoms with van der Waals surface area (Å²) < 4.78 is 55.3. The first kappa shape index (κ1) is 25.6. The summed E-state index contributed by atoms with van der Waals surface area (Å²) in [7, 11) is 0. The molecule has 1 aliphatic carbocycles. The molecule has 37 heavy (non-hydrogen) atoms. The average Bonchev–Trinajstić information content (AvgIpc) is 3.41. The number of hydrogen-bond acceptors (Lipinski definition) is 6. The average molecular weight is 537 g/mol. The topological polar surface area (TPSA) is 93.1 Å². The SMILES string of the molecule is CC1CN(C2CCC2)CC1(F)F.Cc1nc2ccc(-c3ccn4[nH]c(N)nc(=S)c34)nc2n1CC(F)F. The minimum absolute atomic E-state index is 0.00116. The van der Waals surface area contributed by atoms with Gasteiger partial charge in [-0.05, 0) is 38.0 Å². The highest BCUT2D eigenvalue weighted by atomic mass is 32.1. The summed E-state index contributed by atoms with van der Waals surface area (Å²) in [6, 6.07) is 5.83. The smallest absolute Gasteiger partial charge is 0.264 e. The van der Waals surface area contributed by atoms with Crippen LogP contribution in [0.3, 0.4) is 0 Å². The number of hydrogen-bond donors (Lipinski definition) is 2. The molecule has 0 bridgehead atoms. The van der Waals surface area contributed by atoms with E-state index in [9.17, 15) is 17.6 Å². The first-order valence-electron chi connectivity index (χ1n) is 12.1. The van der Waals surface area contributed by atoms with Gasteiger partial charge in [-0.1, -0.05) is 25.6 Å². The summed E-state index contributed by atoms with van der Waals surface area (Å²) >= 11 is 5.29. The molecule has 6 rings (SSSR count). The lowest BCUT2D eigenvalue weighted by atomic mass is 9.92. The number of aromatic nitrogens is 6. The van der Waals surface area contributed by atoms with Crippen LogP contribution in [-0.2, 0) is 6.54 Å². The summed E-state index contributed by atoms with van der Waals surface area (Å²) in [5.74, 6) is -2.18. The summed E-state index contributed by atoms with van der Waals surface area (Å²) in [6.07, 6.45) is 2.75. The van der Waals surface area contributed by atoms with Crippen molar-refractivity contribution < 1.29 is 17.6 Å². The number of aromatic amines is 1. The molecule has 1 atom stereocenters. The van der Waals surface area contributed by atoms with E-state index < -0.39 is 24.8 Å². The van der Waals surface area contributed by atoms with Crippen molar-refractivity contribution >= 4 is 34.8 Å². The van der Waals surface area contributed by atoms with Crippen LogP contribution in [0.4, 0.5) is 23.5 Å². The van der Waals surface area contributed by atoms with Crippen molar-refractivity contribution in [1.29, 1.82) is 0 Å². The van der Waals surface area contributed by atoms with Crippen LogP contribution in [0.5, 0.6) is 0 Å². The molecule has 198 valence electrons. The Hall–Kier alpha value is -3.06. The molecule has 2 fully saturated rings. The number of nitrogens with one attached hydrogen (secondary N) is 1. The van der Waals surface area contributed by atoms with Gasteiger partial charge in [0, 0.05) is 30.3 Å². The van der Waals surface area contributed by atoms with Gasteiger partial charge >= 0.3 is 0 Å². The van der Waals surface area contributed by atoms with Crippen molar-refractivity contribution in [1.82, 2.24) is 34.0 Å². The molecular weight excluding hydrogens is 508 g/mol. The van der Waals surface area contributed by atoms with Gasteiger partial charge in [-0.3, -0.25) is 14.5 Å². The lowest BCUT2D eigenvalue weighted by Gasteiger charge is -2.34. The van der Waals surface area contributed by atoms with Gasteiger partial charge in [-0.25, -0.2) is 32.5 Å². The summed E-state index contributed by atoms with van der Waals surface area (Å²) in [4.78, 5) is 14.8. The molecule has 0 radical (unpaired) electrons. The molecule has 0 spiro atoms. The number of imidazole rings is 1. The number of alkyl halides is 4. The molecule has 4 aromatic heterocycles. The van der Waals surface area contributed by atoms with Gasteiger partial charge < -0.3 is 10.3 Å². The van der Waals surface area contributed by atoms with Crippen LogP contribution in [0, 0.1) is 17.5 Å². The summed E-state index contributed by atoms with van der Waals surface area (Å²) in [5, 5.41) is 2.87. The van der Waals surface area contributed by atoms with Crippen molar-refractivity contribution in [3.63, 3.8) is 0 Å². The number of aryl methyl sites for hydroxylation is 1. The maximum atomic E-state index is 13.1. The quantitative estimate of drug-likeness (QED) is 0.279. The number of nitrogens with two attached hydrogens (primary N) is 1. The molecule has 1 unspecified atom stereocenters. The zero-order valence-electron chi connectivity index (χ0n) is 20.5. The van der Waals surface area contributed by atoms with E-state index in [4.69, 9.17) is 18.0 Å². The van der Waals surface area contributed by atoms with Gasteiger partial charge in [0.25, 0.3) is 12.3 Å². The largest absolute Gasteiger partial charge is 0.368 e. The standard InChI is InChI=1S/C15H13F2N7S.C9H15F2N/c1-7-19-10-3-2-9(20-13(10)23(7)6-11(16)17)8-4-5-24-12(8)14(25)21-15(18)22-24;1-7-5-12(6-9(7,10)11)8-3-2-4-8/h2-5,11H,6H2,1H3,(H3,18,21,22,25);7-8H,2-6H2,1H3. The molecule has 1 saturated carbocycles. The lowest BCUT2D eigenvalue weighted by Crippen LogP contribution is -2.39. The number of pyridine rings is 1. The van der Waals surface area contributed by atoms with Crippen molar-refractivity contribution in [2.24, 2.45) is 5.92 Å². The van der Waals surface area contributed by atoms with E-state index in [1.807, 2.05) is 11.0 Å². The van der Waals surface area contributed by atoms with Crippen molar-refractivity contribution in [3.8, 4) is 11.3 Å². The highest BCUT2D eigenvalue weighted by Gasteiger charge is 2.47. The zero-order chi connectivity index (χ0) is 26.5. The fourth-order valence-electron chi connectivity index (χ4n) is 4.89. The van der Waals surface area contributed by atoms with Gasteiger partial charge in [0.15, 0.2) is 10.3 Å². The van der Waals surface area contributed by atoms with Crippen molar-refractivity contribution in [3.05, 3.63) is 34.9 Å². The first-order valence-corrected chi connectivity index (χ1v) is 12.6. The third-order valence-corrected chi connectivity index (χ3v) is 7.44. The Morgan fingerprint density at radius 1 is 1.19 bits per heavy atom. The second kappa shape index (κ2) is 9.67. The maximum Gasteiger partial charge on any atom is 0.264 e.